The van der Waals surface area contributed by atoms with Crippen molar-refractivity contribution in [3.8, 4) is 0 Å². The molecule has 0 spiro atoms. The van der Waals surface area contributed by atoms with Gasteiger partial charge in [-0.3, -0.25) is 4.79 Å². The average Bonchev–Trinajstić information content (AvgIpc) is 2.79. The number of rotatable bonds is 1. The van der Waals surface area contributed by atoms with E-state index in [4.69, 9.17) is 4.74 Å². The fraction of sp³-hybridized carbons (Fsp3) is 0.700. The summed E-state index contributed by atoms with van der Waals surface area (Å²) in [6.45, 7) is 3.25. The number of carbonyl (C=O) groups is 1. The molecule has 4 heteroatoms. The van der Waals surface area contributed by atoms with E-state index in [0.717, 1.165) is 6.42 Å². The summed E-state index contributed by atoms with van der Waals surface area (Å²) in [5.41, 5.74) is -0.236. The Bertz CT molecular complexity index is 306. The molecule has 0 aromatic carbocycles. The van der Waals surface area contributed by atoms with Crippen LogP contribution in [0, 0.1) is 11.8 Å². The van der Waals surface area contributed by atoms with E-state index in [-0.39, 0.29) is 42.2 Å². The van der Waals surface area contributed by atoms with Crippen molar-refractivity contribution in [2.45, 2.75) is 25.9 Å². The van der Waals surface area contributed by atoms with Gasteiger partial charge in [-0.1, -0.05) is 6.92 Å². The van der Waals surface area contributed by atoms with Crippen molar-refractivity contribution in [1.29, 1.82) is 0 Å². The van der Waals surface area contributed by atoms with Crippen LogP contribution in [0.25, 0.3) is 0 Å². The van der Waals surface area contributed by atoms with Crippen LogP contribution in [0.2, 0.25) is 0 Å². The second-order valence-corrected chi connectivity index (χ2v) is 4.06. The molecule has 0 bridgehead atoms. The quantitative estimate of drug-likeness (QED) is 0.254. The van der Waals surface area contributed by atoms with Crippen molar-refractivity contribution < 1.29 is 33.5 Å². The number of methoxy groups -OCH3 is 1. The van der Waals surface area contributed by atoms with Gasteiger partial charge < -0.3 is 9.84 Å². The van der Waals surface area contributed by atoms with Crippen LogP contribution in [0.15, 0.2) is 11.3 Å². The fourth-order valence-electron chi connectivity index (χ4n) is 2.39. The molecule has 2 rings (SSSR count). The van der Waals surface area contributed by atoms with Crippen molar-refractivity contribution >= 4 is 5.78 Å². The van der Waals surface area contributed by atoms with Crippen LogP contribution in [0.1, 0.15) is 20.3 Å². The molecular formula is C10H13LiO3. The van der Waals surface area contributed by atoms with E-state index >= 15 is 0 Å². The Morgan fingerprint density at radius 2 is 2.21 bits per heavy atom. The number of hydrogen-bond donors (Lipinski definition) is 0. The van der Waals surface area contributed by atoms with Crippen LogP contribution >= 0.6 is 0 Å². The Morgan fingerprint density at radius 3 is 2.50 bits per heavy atom. The molecule has 0 N–H and O–H groups in total. The third-order valence-corrected chi connectivity index (χ3v) is 3.37. The maximum Gasteiger partial charge on any atom is 1.00 e. The minimum absolute atomic E-state index is 0. The standard InChI is InChI=1S/C10H14O3.Li/c1-5(11)8-6-4-7(6)10(2,13-3)9(8)12;/h6-7,11H,4H2,1-3H3;/q;+1/p-1/b8-5-;/t6-,7+,10?;/m0./s1. The van der Waals surface area contributed by atoms with Gasteiger partial charge >= 0.3 is 18.9 Å². The van der Waals surface area contributed by atoms with Gasteiger partial charge in [0, 0.05) is 13.0 Å². The summed E-state index contributed by atoms with van der Waals surface area (Å²) in [6.07, 6.45) is 0.936. The van der Waals surface area contributed by atoms with Gasteiger partial charge in [-0.05, 0) is 24.8 Å². The molecule has 2 saturated carbocycles. The van der Waals surface area contributed by atoms with E-state index in [1.807, 2.05) is 0 Å². The van der Waals surface area contributed by atoms with Gasteiger partial charge in [-0.15, -0.1) is 5.76 Å². The van der Waals surface area contributed by atoms with Crippen molar-refractivity contribution in [3.63, 3.8) is 0 Å². The molecule has 1 unspecified atom stereocenters. The molecule has 0 aromatic heterocycles. The van der Waals surface area contributed by atoms with Gasteiger partial charge in [0.05, 0.1) is 0 Å². The van der Waals surface area contributed by atoms with Gasteiger partial charge in [-0.25, -0.2) is 0 Å². The Morgan fingerprint density at radius 1 is 1.64 bits per heavy atom. The Kier molecular flexibility index (Phi) is 2.88. The number of fused-ring (bicyclic) bond motifs is 1. The zero-order chi connectivity index (χ0) is 9.80. The minimum atomic E-state index is -0.717. The van der Waals surface area contributed by atoms with Gasteiger partial charge in [0.15, 0.2) is 5.78 Å². The second kappa shape index (κ2) is 3.41. The predicted molar refractivity (Wildman–Crippen MR) is 44.7 cm³/mol. The summed E-state index contributed by atoms with van der Waals surface area (Å²) >= 11 is 0. The first-order chi connectivity index (χ1) is 6.02. The number of ether oxygens (including phenoxy) is 1. The van der Waals surface area contributed by atoms with E-state index in [2.05, 4.69) is 0 Å². The Labute approximate surface area is 95.7 Å². The van der Waals surface area contributed by atoms with Crippen molar-refractivity contribution in [2.24, 2.45) is 11.8 Å². The zero-order valence-electron chi connectivity index (χ0n) is 9.09. The molecular weight excluding hydrogens is 175 g/mol. The van der Waals surface area contributed by atoms with Crippen molar-refractivity contribution in [1.82, 2.24) is 0 Å². The fourth-order valence-corrected chi connectivity index (χ4v) is 2.39. The van der Waals surface area contributed by atoms with Crippen molar-refractivity contribution in [3.05, 3.63) is 11.3 Å². The van der Waals surface area contributed by atoms with Gasteiger partial charge in [0.1, 0.15) is 5.60 Å². The number of Topliss-reactive ketones (excluding diaryl/α,β-unsaturated/α-hetero) is 1. The van der Waals surface area contributed by atoms with Crippen molar-refractivity contribution in [2.75, 3.05) is 7.11 Å². The molecule has 2 fully saturated rings. The summed E-state index contributed by atoms with van der Waals surface area (Å²) in [4.78, 5) is 11.8. The summed E-state index contributed by atoms with van der Waals surface area (Å²) in [5, 5.41) is 11.2. The van der Waals surface area contributed by atoms with Crippen LogP contribution in [0.5, 0.6) is 0 Å². The minimum Gasteiger partial charge on any atom is -0.875 e. The molecule has 14 heavy (non-hydrogen) atoms. The molecule has 0 aromatic rings. The molecule has 2 aliphatic rings. The molecule has 3 nitrogen and oxygen atoms in total. The van der Waals surface area contributed by atoms with Gasteiger partial charge in [0.2, 0.25) is 0 Å². The van der Waals surface area contributed by atoms with E-state index in [1.165, 1.54) is 14.0 Å². The number of hydrogen-bond acceptors (Lipinski definition) is 3. The Hall–Kier alpha value is -0.233. The second-order valence-electron chi connectivity index (χ2n) is 4.06. The smallest absolute Gasteiger partial charge is 0.875 e. The monoisotopic (exact) mass is 188 g/mol. The maximum absolute atomic E-state index is 11.8. The summed E-state index contributed by atoms with van der Waals surface area (Å²) in [5.74, 6) is 0.265. The molecule has 0 saturated heterocycles. The normalized spacial score (nSPS) is 42.9. The summed E-state index contributed by atoms with van der Waals surface area (Å²) < 4.78 is 5.22. The molecule has 0 radical (unpaired) electrons. The molecule has 0 aliphatic heterocycles. The molecule has 72 valence electrons. The topological polar surface area (TPSA) is 49.4 Å². The van der Waals surface area contributed by atoms with E-state index in [0.29, 0.717) is 5.57 Å². The average molecular weight is 188 g/mol. The SMILES string of the molecule is COC1(C)C(=O)/C(=C(/C)[O-])[C@H]2C[C@H]21.[Li+]. The molecule has 3 atom stereocenters. The first-order valence-corrected chi connectivity index (χ1v) is 4.50. The van der Waals surface area contributed by atoms with Gasteiger partial charge in [0.25, 0.3) is 0 Å². The number of carbonyl (C=O) groups excluding carboxylic acids is 1. The maximum atomic E-state index is 11.8. The molecule has 2 aliphatic carbocycles. The van der Waals surface area contributed by atoms with E-state index in [1.54, 1.807) is 6.92 Å². The van der Waals surface area contributed by atoms with E-state index < -0.39 is 5.60 Å². The number of allylic oxidation sites excluding steroid dienone is 1. The first kappa shape index (κ1) is 11.8. The largest absolute Gasteiger partial charge is 1.00 e. The van der Waals surface area contributed by atoms with Crippen LogP contribution in [-0.2, 0) is 9.53 Å². The third-order valence-electron chi connectivity index (χ3n) is 3.37. The van der Waals surface area contributed by atoms with Crippen LogP contribution in [0.3, 0.4) is 0 Å². The predicted octanol–water partition coefficient (Wildman–Crippen LogP) is -2.75. The van der Waals surface area contributed by atoms with Crippen LogP contribution in [-0.4, -0.2) is 18.5 Å². The van der Waals surface area contributed by atoms with Gasteiger partial charge in [-0.2, -0.15) is 0 Å². The van der Waals surface area contributed by atoms with Crippen LogP contribution < -0.4 is 24.0 Å². The summed E-state index contributed by atoms with van der Waals surface area (Å²) in [7, 11) is 1.54. The Balaban J connectivity index is 0.000000980. The zero-order valence-corrected chi connectivity index (χ0v) is 9.09. The first-order valence-electron chi connectivity index (χ1n) is 4.50. The molecule has 0 heterocycles. The summed E-state index contributed by atoms with van der Waals surface area (Å²) in [6, 6.07) is 0. The molecule has 0 amide bonds. The number of ketones is 1. The van der Waals surface area contributed by atoms with E-state index in [9.17, 15) is 9.90 Å². The van der Waals surface area contributed by atoms with Crippen LogP contribution in [0.4, 0.5) is 0 Å². The third kappa shape index (κ3) is 1.27.